The summed E-state index contributed by atoms with van der Waals surface area (Å²) in [5.74, 6) is 0.718. The number of aromatic nitrogens is 3. The molecule has 8 heteroatoms. The number of carbonyl (C=O) groups excluding carboxylic acids is 2. The second kappa shape index (κ2) is 5.10. The molecule has 0 unspecified atom stereocenters. The molecule has 20 heavy (non-hydrogen) atoms. The zero-order chi connectivity index (χ0) is 14.1. The van der Waals surface area contributed by atoms with Crippen LogP contribution in [0.3, 0.4) is 0 Å². The highest BCUT2D eigenvalue weighted by Crippen LogP contribution is 2.19. The van der Waals surface area contributed by atoms with Crippen molar-refractivity contribution in [1.29, 1.82) is 0 Å². The number of hydrogen-bond donors (Lipinski definition) is 2. The Labute approximate surface area is 116 Å². The van der Waals surface area contributed by atoms with Gasteiger partial charge < -0.3 is 15.1 Å². The molecule has 108 valence electrons. The van der Waals surface area contributed by atoms with Crippen LogP contribution in [0.2, 0.25) is 0 Å². The van der Waals surface area contributed by atoms with E-state index in [2.05, 4.69) is 20.5 Å². The third kappa shape index (κ3) is 2.33. The van der Waals surface area contributed by atoms with Gasteiger partial charge in [-0.05, 0) is 19.8 Å². The summed E-state index contributed by atoms with van der Waals surface area (Å²) in [5.41, 5.74) is 0. The lowest BCUT2D eigenvalue weighted by Gasteiger charge is -2.35. The van der Waals surface area contributed by atoms with E-state index in [0.717, 1.165) is 19.4 Å². The Morgan fingerprint density at radius 2 is 2.05 bits per heavy atom. The largest absolute Gasteiger partial charge is 0.336 e. The second-order valence-electron chi connectivity index (χ2n) is 5.19. The molecule has 0 radical (unpaired) electrons. The van der Waals surface area contributed by atoms with Gasteiger partial charge in [0, 0.05) is 32.2 Å². The van der Waals surface area contributed by atoms with Gasteiger partial charge in [-0.15, -0.1) is 5.10 Å². The molecule has 0 bridgehead atoms. The predicted molar refractivity (Wildman–Crippen MR) is 70.1 cm³/mol. The standard InChI is InChI=1S/C12H18N6O2/c1-8-14-10(16-15-8)11(19)17-5-2-9(3-6-17)18-7-4-13-12(18)20/h9H,2-7H2,1H3,(H,13,20)(H,14,15,16). The van der Waals surface area contributed by atoms with E-state index in [1.165, 1.54) is 0 Å². The van der Waals surface area contributed by atoms with Gasteiger partial charge in [0.2, 0.25) is 5.82 Å². The number of rotatable bonds is 2. The average molecular weight is 278 g/mol. The molecule has 3 amide bonds. The first-order chi connectivity index (χ1) is 9.65. The summed E-state index contributed by atoms with van der Waals surface area (Å²) in [7, 11) is 0. The summed E-state index contributed by atoms with van der Waals surface area (Å²) in [6.07, 6.45) is 1.62. The maximum absolute atomic E-state index is 12.2. The van der Waals surface area contributed by atoms with E-state index in [1.807, 2.05) is 4.90 Å². The SMILES string of the molecule is Cc1nc(C(=O)N2CCC(N3CCNC3=O)CC2)n[nH]1. The number of aryl methyl sites for hydroxylation is 1. The molecule has 3 heterocycles. The summed E-state index contributed by atoms with van der Waals surface area (Å²) >= 11 is 0. The Balaban J connectivity index is 1.58. The fourth-order valence-electron chi connectivity index (χ4n) is 2.80. The van der Waals surface area contributed by atoms with Crippen LogP contribution >= 0.6 is 0 Å². The minimum atomic E-state index is -0.140. The molecular formula is C12H18N6O2. The molecule has 2 saturated heterocycles. The fraction of sp³-hybridized carbons (Fsp3) is 0.667. The van der Waals surface area contributed by atoms with Crippen LogP contribution in [-0.4, -0.2) is 69.1 Å². The number of likely N-dealkylation sites (tertiary alicyclic amines) is 1. The molecule has 3 rings (SSSR count). The lowest BCUT2D eigenvalue weighted by Crippen LogP contribution is -2.47. The Kier molecular flexibility index (Phi) is 3.29. The van der Waals surface area contributed by atoms with E-state index in [0.29, 0.717) is 25.5 Å². The van der Waals surface area contributed by atoms with Crippen molar-refractivity contribution in [2.45, 2.75) is 25.8 Å². The lowest BCUT2D eigenvalue weighted by molar-refractivity contribution is 0.0654. The Morgan fingerprint density at radius 1 is 1.30 bits per heavy atom. The summed E-state index contributed by atoms with van der Waals surface area (Å²) in [4.78, 5) is 31.5. The molecule has 2 aliphatic heterocycles. The Bertz CT molecular complexity index is 520. The van der Waals surface area contributed by atoms with Crippen molar-refractivity contribution in [2.75, 3.05) is 26.2 Å². The third-order valence-electron chi connectivity index (χ3n) is 3.87. The van der Waals surface area contributed by atoms with E-state index in [1.54, 1.807) is 11.8 Å². The maximum Gasteiger partial charge on any atom is 0.317 e. The van der Waals surface area contributed by atoms with E-state index in [9.17, 15) is 9.59 Å². The first-order valence-electron chi connectivity index (χ1n) is 6.88. The molecule has 0 atom stereocenters. The van der Waals surface area contributed by atoms with E-state index in [4.69, 9.17) is 0 Å². The zero-order valence-electron chi connectivity index (χ0n) is 11.4. The topological polar surface area (TPSA) is 94.2 Å². The summed E-state index contributed by atoms with van der Waals surface area (Å²) in [6.45, 7) is 4.52. The van der Waals surface area contributed by atoms with Crippen LogP contribution in [0, 0.1) is 6.92 Å². The van der Waals surface area contributed by atoms with E-state index >= 15 is 0 Å². The van der Waals surface area contributed by atoms with Crippen LogP contribution in [0.1, 0.15) is 29.3 Å². The van der Waals surface area contributed by atoms with Gasteiger partial charge in [0.1, 0.15) is 5.82 Å². The minimum Gasteiger partial charge on any atom is -0.336 e. The normalized spacial score (nSPS) is 20.4. The van der Waals surface area contributed by atoms with Crippen molar-refractivity contribution < 1.29 is 9.59 Å². The Morgan fingerprint density at radius 3 is 2.60 bits per heavy atom. The van der Waals surface area contributed by atoms with Crippen molar-refractivity contribution in [3.63, 3.8) is 0 Å². The second-order valence-corrected chi connectivity index (χ2v) is 5.19. The van der Waals surface area contributed by atoms with Crippen molar-refractivity contribution in [1.82, 2.24) is 30.3 Å². The predicted octanol–water partition coefficient (Wildman–Crippen LogP) is -0.257. The molecule has 2 N–H and O–H groups in total. The van der Waals surface area contributed by atoms with Crippen molar-refractivity contribution in [3.8, 4) is 0 Å². The monoisotopic (exact) mass is 278 g/mol. The number of aromatic amines is 1. The number of piperidine rings is 1. The van der Waals surface area contributed by atoms with Crippen molar-refractivity contribution in [3.05, 3.63) is 11.6 Å². The zero-order valence-corrected chi connectivity index (χ0v) is 11.4. The average Bonchev–Trinajstić information content (AvgIpc) is 3.07. The maximum atomic E-state index is 12.2. The number of nitrogens with zero attached hydrogens (tertiary/aromatic N) is 4. The summed E-state index contributed by atoms with van der Waals surface area (Å²) in [5, 5.41) is 9.39. The lowest BCUT2D eigenvalue weighted by atomic mass is 10.0. The van der Waals surface area contributed by atoms with Gasteiger partial charge in [-0.2, -0.15) is 0 Å². The van der Waals surface area contributed by atoms with Gasteiger partial charge in [-0.3, -0.25) is 9.89 Å². The van der Waals surface area contributed by atoms with Gasteiger partial charge >= 0.3 is 6.03 Å². The quantitative estimate of drug-likeness (QED) is 0.779. The van der Waals surface area contributed by atoms with Crippen LogP contribution < -0.4 is 5.32 Å². The van der Waals surface area contributed by atoms with E-state index in [-0.39, 0.29) is 23.8 Å². The number of urea groups is 1. The number of hydrogen-bond acceptors (Lipinski definition) is 4. The highest BCUT2D eigenvalue weighted by molar-refractivity contribution is 5.90. The number of H-pyrrole nitrogens is 1. The molecule has 0 aromatic carbocycles. The highest BCUT2D eigenvalue weighted by atomic mass is 16.2. The van der Waals surface area contributed by atoms with Gasteiger partial charge in [0.25, 0.3) is 5.91 Å². The Hall–Kier alpha value is -2.12. The summed E-state index contributed by atoms with van der Waals surface area (Å²) in [6, 6.07) is 0.245. The van der Waals surface area contributed by atoms with Gasteiger partial charge in [0.15, 0.2) is 0 Å². The molecule has 0 aliphatic carbocycles. The van der Waals surface area contributed by atoms with Gasteiger partial charge in [-0.1, -0.05) is 0 Å². The smallest absolute Gasteiger partial charge is 0.317 e. The molecule has 2 aliphatic rings. The number of carbonyl (C=O) groups is 2. The fourth-order valence-corrected chi connectivity index (χ4v) is 2.80. The molecule has 1 aromatic heterocycles. The van der Waals surface area contributed by atoms with E-state index < -0.39 is 0 Å². The van der Waals surface area contributed by atoms with Gasteiger partial charge in [-0.25, -0.2) is 9.78 Å². The molecule has 2 fully saturated rings. The van der Waals surface area contributed by atoms with Crippen LogP contribution in [-0.2, 0) is 0 Å². The number of amides is 3. The first-order valence-corrected chi connectivity index (χ1v) is 6.88. The van der Waals surface area contributed by atoms with Crippen LogP contribution in [0.4, 0.5) is 4.79 Å². The summed E-state index contributed by atoms with van der Waals surface area (Å²) < 4.78 is 0. The molecule has 1 aromatic rings. The van der Waals surface area contributed by atoms with Crippen molar-refractivity contribution >= 4 is 11.9 Å². The molecule has 8 nitrogen and oxygen atoms in total. The minimum absolute atomic E-state index is 0.0133. The van der Waals surface area contributed by atoms with Gasteiger partial charge in [0.05, 0.1) is 0 Å². The van der Waals surface area contributed by atoms with Crippen LogP contribution in [0.5, 0.6) is 0 Å². The molecular weight excluding hydrogens is 260 g/mol. The third-order valence-corrected chi connectivity index (χ3v) is 3.87. The number of nitrogens with one attached hydrogen (secondary N) is 2. The molecule has 0 spiro atoms. The first kappa shape index (κ1) is 12.9. The van der Waals surface area contributed by atoms with Crippen LogP contribution in [0.15, 0.2) is 0 Å². The molecule has 0 saturated carbocycles. The van der Waals surface area contributed by atoms with Crippen LogP contribution in [0.25, 0.3) is 0 Å². The highest BCUT2D eigenvalue weighted by Gasteiger charge is 2.32. The van der Waals surface area contributed by atoms with Crippen molar-refractivity contribution in [2.24, 2.45) is 0 Å².